The lowest BCUT2D eigenvalue weighted by Gasteiger charge is -2.35. The number of amides is 1. The number of hydrogen-bond donors (Lipinski definition) is 2. The molecule has 1 saturated carbocycles. The first-order chi connectivity index (χ1) is 15.8. The van der Waals surface area contributed by atoms with Crippen LogP contribution in [0.2, 0.25) is 5.02 Å². The molecule has 0 unspecified atom stereocenters. The van der Waals surface area contributed by atoms with Crippen LogP contribution in [0, 0.1) is 0 Å². The summed E-state index contributed by atoms with van der Waals surface area (Å²) in [6.07, 6.45) is 6.72. The van der Waals surface area contributed by atoms with E-state index in [4.69, 9.17) is 16.3 Å². The van der Waals surface area contributed by atoms with Crippen LogP contribution in [-0.4, -0.2) is 32.4 Å². The number of ether oxygens (including phenoxy) is 1. The van der Waals surface area contributed by atoms with Gasteiger partial charge in [-0.2, -0.15) is 0 Å². The van der Waals surface area contributed by atoms with Gasteiger partial charge < -0.3 is 10.1 Å². The molecule has 1 aliphatic rings. The molecule has 0 saturated heterocycles. The number of esters is 1. The van der Waals surface area contributed by atoms with Crippen molar-refractivity contribution in [3.05, 3.63) is 65.2 Å². The summed E-state index contributed by atoms with van der Waals surface area (Å²) >= 11 is 6.03. The van der Waals surface area contributed by atoms with E-state index in [2.05, 4.69) is 10.0 Å². The second-order valence-electron chi connectivity index (χ2n) is 7.84. The number of rotatable bonds is 8. The molecule has 1 amide bonds. The van der Waals surface area contributed by atoms with E-state index in [0.29, 0.717) is 23.4 Å². The Bertz CT molecular complexity index is 1120. The number of halogens is 1. The standard InChI is InChI=1S/C24H27ClN2O5S/c1-2-32-23(29)24(16-6-3-7-17-24)26-22(28)15-12-18-10-13-19(14-11-18)33(30,31)27-21-9-5-4-8-20(21)25/h4-5,8-15,27H,2-3,6-7,16-17H2,1H3,(H,26,28)/b15-12+. The second-order valence-corrected chi connectivity index (χ2v) is 9.93. The molecule has 0 heterocycles. The minimum Gasteiger partial charge on any atom is -0.464 e. The summed E-state index contributed by atoms with van der Waals surface area (Å²) in [6.45, 7) is 2.00. The number of carbonyl (C=O) groups excluding carboxylic acids is 2. The summed E-state index contributed by atoms with van der Waals surface area (Å²) < 4.78 is 32.9. The van der Waals surface area contributed by atoms with Crippen LogP contribution >= 0.6 is 11.6 Å². The van der Waals surface area contributed by atoms with E-state index in [0.717, 1.165) is 19.3 Å². The molecule has 9 heteroatoms. The molecule has 0 atom stereocenters. The predicted molar refractivity (Wildman–Crippen MR) is 128 cm³/mol. The van der Waals surface area contributed by atoms with Gasteiger partial charge in [0.1, 0.15) is 5.54 Å². The molecule has 0 aromatic heterocycles. The summed E-state index contributed by atoms with van der Waals surface area (Å²) in [5.74, 6) is -0.797. The smallest absolute Gasteiger partial charge is 0.331 e. The van der Waals surface area contributed by atoms with Gasteiger partial charge in [-0.25, -0.2) is 13.2 Å². The van der Waals surface area contributed by atoms with Gasteiger partial charge >= 0.3 is 5.97 Å². The molecule has 1 fully saturated rings. The van der Waals surface area contributed by atoms with Gasteiger partial charge in [-0.1, -0.05) is 55.1 Å². The first kappa shape index (κ1) is 24.8. The van der Waals surface area contributed by atoms with Crippen molar-refractivity contribution in [3.63, 3.8) is 0 Å². The average Bonchev–Trinajstić information content (AvgIpc) is 2.80. The van der Waals surface area contributed by atoms with Gasteiger partial charge in [0.05, 0.1) is 22.2 Å². The van der Waals surface area contributed by atoms with Crippen molar-refractivity contribution in [1.82, 2.24) is 5.32 Å². The minimum absolute atomic E-state index is 0.0625. The molecule has 0 radical (unpaired) electrons. The van der Waals surface area contributed by atoms with E-state index in [1.54, 1.807) is 49.4 Å². The third kappa shape index (κ3) is 6.36. The Morgan fingerprint density at radius 3 is 2.36 bits per heavy atom. The monoisotopic (exact) mass is 490 g/mol. The summed E-state index contributed by atoms with van der Waals surface area (Å²) in [6, 6.07) is 12.6. The Morgan fingerprint density at radius 1 is 1.06 bits per heavy atom. The molecule has 2 aromatic rings. The number of benzene rings is 2. The minimum atomic E-state index is -3.82. The maximum Gasteiger partial charge on any atom is 0.331 e. The van der Waals surface area contributed by atoms with Gasteiger partial charge in [-0.3, -0.25) is 9.52 Å². The fraction of sp³-hybridized carbons (Fsp3) is 0.333. The quantitative estimate of drug-likeness (QED) is 0.418. The molecular weight excluding hydrogens is 464 g/mol. The molecule has 7 nitrogen and oxygen atoms in total. The van der Waals surface area contributed by atoms with Crippen molar-refractivity contribution >= 4 is 45.3 Å². The first-order valence-corrected chi connectivity index (χ1v) is 12.7. The van der Waals surface area contributed by atoms with Crippen molar-refractivity contribution < 1.29 is 22.7 Å². The van der Waals surface area contributed by atoms with Crippen molar-refractivity contribution in [3.8, 4) is 0 Å². The zero-order valence-electron chi connectivity index (χ0n) is 18.3. The highest BCUT2D eigenvalue weighted by Crippen LogP contribution is 2.29. The fourth-order valence-corrected chi connectivity index (χ4v) is 5.08. The van der Waals surface area contributed by atoms with Crippen LogP contribution in [0.15, 0.2) is 59.5 Å². The van der Waals surface area contributed by atoms with Gasteiger partial charge in [0, 0.05) is 6.08 Å². The van der Waals surface area contributed by atoms with Gasteiger partial charge in [-0.05, 0) is 55.7 Å². The van der Waals surface area contributed by atoms with Crippen LogP contribution in [0.25, 0.3) is 6.08 Å². The Labute approximate surface area is 199 Å². The van der Waals surface area contributed by atoms with Crippen LogP contribution < -0.4 is 10.0 Å². The van der Waals surface area contributed by atoms with E-state index in [-0.39, 0.29) is 17.2 Å². The highest BCUT2D eigenvalue weighted by atomic mass is 35.5. The zero-order chi connectivity index (χ0) is 23.9. The number of anilines is 1. The lowest BCUT2D eigenvalue weighted by atomic mass is 9.81. The number of sulfonamides is 1. The Kier molecular flexibility index (Phi) is 8.15. The molecule has 33 heavy (non-hydrogen) atoms. The highest BCUT2D eigenvalue weighted by molar-refractivity contribution is 7.92. The van der Waals surface area contributed by atoms with Crippen LogP contribution in [0.5, 0.6) is 0 Å². The lowest BCUT2D eigenvalue weighted by Crippen LogP contribution is -2.56. The van der Waals surface area contributed by atoms with Gasteiger partial charge in [0.25, 0.3) is 10.0 Å². The van der Waals surface area contributed by atoms with Gasteiger partial charge in [-0.15, -0.1) is 0 Å². The molecular formula is C24H27ClN2O5S. The molecule has 1 aliphatic carbocycles. The van der Waals surface area contributed by atoms with E-state index < -0.39 is 27.4 Å². The largest absolute Gasteiger partial charge is 0.464 e. The zero-order valence-corrected chi connectivity index (χ0v) is 19.9. The first-order valence-electron chi connectivity index (χ1n) is 10.8. The molecule has 0 spiro atoms. The normalized spacial score (nSPS) is 15.7. The molecule has 2 aromatic carbocycles. The lowest BCUT2D eigenvalue weighted by molar-refractivity contribution is -0.154. The summed E-state index contributed by atoms with van der Waals surface area (Å²) in [5, 5.41) is 3.13. The second kappa shape index (κ2) is 10.9. The molecule has 0 aliphatic heterocycles. The molecule has 176 valence electrons. The molecule has 2 N–H and O–H groups in total. The van der Waals surface area contributed by atoms with Crippen molar-refractivity contribution in [2.45, 2.75) is 49.5 Å². The third-order valence-electron chi connectivity index (χ3n) is 5.47. The predicted octanol–water partition coefficient (Wildman–Crippen LogP) is 4.54. The Morgan fingerprint density at radius 2 is 1.73 bits per heavy atom. The van der Waals surface area contributed by atoms with Crippen molar-refractivity contribution in [1.29, 1.82) is 0 Å². The summed E-state index contributed by atoms with van der Waals surface area (Å²) in [7, 11) is -3.82. The van der Waals surface area contributed by atoms with Crippen LogP contribution in [-0.2, 0) is 24.3 Å². The highest BCUT2D eigenvalue weighted by Gasteiger charge is 2.41. The molecule has 3 rings (SSSR count). The van der Waals surface area contributed by atoms with Crippen molar-refractivity contribution in [2.24, 2.45) is 0 Å². The SMILES string of the molecule is CCOC(=O)C1(NC(=O)/C=C/c2ccc(S(=O)(=O)Nc3ccccc3Cl)cc2)CCCCC1. The topological polar surface area (TPSA) is 102 Å². The third-order valence-corrected chi connectivity index (χ3v) is 7.18. The fourth-order valence-electron chi connectivity index (χ4n) is 3.76. The molecule has 0 bridgehead atoms. The van der Waals surface area contributed by atoms with E-state index in [9.17, 15) is 18.0 Å². The van der Waals surface area contributed by atoms with E-state index in [1.165, 1.54) is 18.2 Å². The van der Waals surface area contributed by atoms with Crippen molar-refractivity contribution in [2.75, 3.05) is 11.3 Å². The number of nitrogens with one attached hydrogen (secondary N) is 2. The maximum absolute atomic E-state index is 12.6. The maximum atomic E-state index is 12.6. The number of hydrogen-bond acceptors (Lipinski definition) is 5. The van der Waals surface area contributed by atoms with Gasteiger partial charge in [0.2, 0.25) is 5.91 Å². The number of para-hydroxylation sites is 1. The Hall–Kier alpha value is -2.84. The Balaban J connectivity index is 1.67. The van der Waals surface area contributed by atoms with E-state index in [1.807, 2.05) is 0 Å². The average molecular weight is 491 g/mol. The van der Waals surface area contributed by atoms with Crippen LogP contribution in [0.1, 0.15) is 44.6 Å². The van der Waals surface area contributed by atoms with Crippen LogP contribution in [0.4, 0.5) is 5.69 Å². The van der Waals surface area contributed by atoms with Gasteiger partial charge in [0.15, 0.2) is 0 Å². The van der Waals surface area contributed by atoms with Crippen LogP contribution in [0.3, 0.4) is 0 Å². The number of carbonyl (C=O) groups is 2. The summed E-state index contributed by atoms with van der Waals surface area (Å²) in [5.41, 5.74) is -0.0633. The summed E-state index contributed by atoms with van der Waals surface area (Å²) in [4.78, 5) is 25.1. The van der Waals surface area contributed by atoms with E-state index >= 15 is 0 Å².